The number of nitrogens with zero attached hydrogens (tertiary/aromatic N) is 6. The van der Waals surface area contributed by atoms with Crippen molar-refractivity contribution in [2.75, 3.05) is 56.0 Å². The van der Waals surface area contributed by atoms with Gasteiger partial charge in [0.25, 0.3) is 0 Å². The van der Waals surface area contributed by atoms with E-state index in [4.69, 9.17) is 0 Å². The summed E-state index contributed by atoms with van der Waals surface area (Å²) in [5.41, 5.74) is 2.16. The summed E-state index contributed by atoms with van der Waals surface area (Å²) in [5, 5.41) is 13.5. The molecule has 180 valence electrons. The first-order valence-electron chi connectivity index (χ1n) is 12.2. The highest BCUT2D eigenvalue weighted by molar-refractivity contribution is 7.17. The number of likely N-dealkylation sites (N-methyl/N-ethyl adjacent to an activating group) is 1. The van der Waals surface area contributed by atoms with Crippen LogP contribution in [0.1, 0.15) is 25.3 Å². The van der Waals surface area contributed by atoms with Crippen LogP contribution >= 0.6 is 11.3 Å². The maximum atomic E-state index is 13.0. The molecule has 4 heterocycles. The highest BCUT2D eigenvalue weighted by Crippen LogP contribution is 2.28. The number of amides is 1. The number of hydrogen-bond acceptors (Lipinski definition) is 7. The van der Waals surface area contributed by atoms with Crippen molar-refractivity contribution in [3.63, 3.8) is 0 Å². The monoisotopic (exact) mass is 479 g/mol. The van der Waals surface area contributed by atoms with Crippen LogP contribution in [0.15, 0.2) is 48.8 Å². The van der Waals surface area contributed by atoms with Crippen molar-refractivity contribution in [2.45, 2.75) is 26.3 Å². The van der Waals surface area contributed by atoms with Gasteiger partial charge in [0.1, 0.15) is 0 Å². The largest absolute Gasteiger partial charge is 0.346 e. The lowest BCUT2D eigenvalue weighted by Crippen LogP contribution is -2.45. The fourth-order valence-electron chi connectivity index (χ4n) is 4.73. The number of anilines is 2. The summed E-state index contributed by atoms with van der Waals surface area (Å²) in [5.74, 6) is 0.0329. The van der Waals surface area contributed by atoms with Crippen LogP contribution in [0.5, 0.6) is 0 Å². The first kappa shape index (κ1) is 23.0. The van der Waals surface area contributed by atoms with Crippen LogP contribution in [-0.4, -0.2) is 76.3 Å². The third-order valence-electron chi connectivity index (χ3n) is 6.83. The van der Waals surface area contributed by atoms with Gasteiger partial charge in [-0.05, 0) is 49.2 Å². The van der Waals surface area contributed by atoms with Crippen LogP contribution in [0.4, 0.5) is 10.8 Å². The summed E-state index contributed by atoms with van der Waals surface area (Å²) in [4.78, 5) is 20.2. The third-order valence-corrected chi connectivity index (χ3v) is 7.83. The number of rotatable bonds is 7. The van der Waals surface area contributed by atoms with E-state index in [0.717, 1.165) is 74.6 Å². The molecule has 0 aliphatic carbocycles. The van der Waals surface area contributed by atoms with Crippen molar-refractivity contribution in [3.05, 3.63) is 54.4 Å². The lowest BCUT2D eigenvalue weighted by Gasteiger charge is -2.34. The number of aromatic nitrogens is 3. The van der Waals surface area contributed by atoms with E-state index in [0.29, 0.717) is 6.54 Å². The van der Waals surface area contributed by atoms with Gasteiger partial charge in [0, 0.05) is 63.9 Å². The average molecular weight is 480 g/mol. The van der Waals surface area contributed by atoms with Crippen LogP contribution in [-0.2, 0) is 11.3 Å². The summed E-state index contributed by atoms with van der Waals surface area (Å²) < 4.78 is 1.96. The molecule has 0 saturated carbocycles. The minimum absolute atomic E-state index is 0.0535. The number of carbonyl (C=O) groups is 1. The fraction of sp³-hybridized carbons (Fsp3) is 0.480. The topological polar surface area (TPSA) is 69.5 Å². The molecule has 0 spiro atoms. The van der Waals surface area contributed by atoms with E-state index in [9.17, 15) is 4.79 Å². The van der Waals surface area contributed by atoms with Gasteiger partial charge in [-0.25, -0.2) is 0 Å². The highest BCUT2D eigenvalue weighted by atomic mass is 32.1. The van der Waals surface area contributed by atoms with E-state index in [1.807, 2.05) is 41.2 Å². The molecule has 3 aromatic rings. The molecule has 8 nitrogen and oxygen atoms in total. The van der Waals surface area contributed by atoms with Crippen LogP contribution in [0.3, 0.4) is 0 Å². The van der Waals surface area contributed by atoms with E-state index >= 15 is 0 Å². The Bertz CT molecular complexity index is 1060. The summed E-state index contributed by atoms with van der Waals surface area (Å²) in [6.07, 6.45) is 5.80. The molecular weight excluding hydrogens is 446 g/mol. The van der Waals surface area contributed by atoms with Crippen molar-refractivity contribution >= 4 is 28.1 Å². The Hall–Kier alpha value is -2.75. The molecule has 2 aromatic heterocycles. The second-order valence-corrected chi connectivity index (χ2v) is 10.1. The molecule has 5 rings (SSSR count). The molecule has 0 unspecified atom stereocenters. The molecule has 1 atom stereocenters. The molecule has 0 radical (unpaired) electrons. The molecular formula is C25H33N7OS. The highest BCUT2D eigenvalue weighted by Gasteiger charge is 2.28. The number of carbonyl (C=O) groups excluding carboxylic acids is 1. The quantitative estimate of drug-likeness (QED) is 0.561. The molecule has 2 saturated heterocycles. The molecule has 1 N–H and O–H groups in total. The zero-order valence-corrected chi connectivity index (χ0v) is 20.6. The Morgan fingerprint density at radius 2 is 1.71 bits per heavy atom. The van der Waals surface area contributed by atoms with E-state index in [-0.39, 0.29) is 11.8 Å². The number of benzene rings is 1. The van der Waals surface area contributed by atoms with Crippen LogP contribution < -0.4 is 10.2 Å². The zero-order chi connectivity index (χ0) is 23.3. The van der Waals surface area contributed by atoms with E-state index in [2.05, 4.69) is 49.3 Å². The first-order chi connectivity index (χ1) is 16.7. The second-order valence-electron chi connectivity index (χ2n) is 9.14. The third kappa shape index (κ3) is 5.48. The normalized spacial score (nSPS) is 19.9. The Morgan fingerprint density at radius 3 is 2.44 bits per heavy atom. The number of hydrogen-bond donors (Lipinski definition) is 1. The van der Waals surface area contributed by atoms with Gasteiger partial charge in [0.2, 0.25) is 16.2 Å². The van der Waals surface area contributed by atoms with Gasteiger partial charge >= 0.3 is 0 Å². The lowest BCUT2D eigenvalue weighted by molar-refractivity contribution is -0.120. The van der Waals surface area contributed by atoms with Gasteiger partial charge in [0.15, 0.2) is 0 Å². The average Bonchev–Trinajstić information content (AvgIpc) is 3.58. The Balaban J connectivity index is 1.14. The van der Waals surface area contributed by atoms with E-state index in [1.54, 1.807) is 11.3 Å². The van der Waals surface area contributed by atoms with Crippen molar-refractivity contribution in [3.8, 4) is 5.13 Å². The summed E-state index contributed by atoms with van der Waals surface area (Å²) >= 11 is 1.56. The Kier molecular flexibility index (Phi) is 7.22. The SMILES string of the molecule is CCN1CCN(Cc2ccc(NC(=O)[C@@H]3CCCN(c4nnc(-n5cccc5)s4)C3)cc2)CC1. The van der Waals surface area contributed by atoms with Crippen LogP contribution in [0.25, 0.3) is 5.13 Å². The van der Waals surface area contributed by atoms with E-state index < -0.39 is 0 Å². The van der Waals surface area contributed by atoms with Crippen LogP contribution in [0, 0.1) is 5.92 Å². The van der Waals surface area contributed by atoms with Crippen molar-refractivity contribution in [2.24, 2.45) is 5.92 Å². The fourth-order valence-corrected chi connectivity index (χ4v) is 5.58. The standard InChI is InChI=1S/C25H33N7OS/c1-2-29-14-16-30(17-15-29)18-20-7-9-22(10-8-20)26-23(33)21-6-5-13-32(19-21)25-28-27-24(34-25)31-11-3-4-12-31/h3-4,7-12,21H,2,5-6,13-19H2,1H3,(H,26,33)/t21-/m1/s1. The minimum Gasteiger partial charge on any atom is -0.346 e. The first-order valence-corrected chi connectivity index (χ1v) is 13.1. The minimum atomic E-state index is -0.0535. The number of piperidine rings is 1. The maximum absolute atomic E-state index is 13.0. The lowest BCUT2D eigenvalue weighted by atomic mass is 9.97. The smallest absolute Gasteiger partial charge is 0.229 e. The number of nitrogens with one attached hydrogen (secondary N) is 1. The van der Waals surface area contributed by atoms with Gasteiger partial charge in [-0.15, -0.1) is 10.2 Å². The Morgan fingerprint density at radius 1 is 1.00 bits per heavy atom. The molecule has 2 aliphatic rings. The summed E-state index contributed by atoms with van der Waals surface area (Å²) in [6, 6.07) is 12.3. The number of piperazine rings is 1. The summed E-state index contributed by atoms with van der Waals surface area (Å²) in [7, 11) is 0. The van der Waals surface area contributed by atoms with Gasteiger partial charge in [-0.3, -0.25) is 14.3 Å². The van der Waals surface area contributed by atoms with E-state index in [1.165, 1.54) is 5.56 Å². The molecule has 1 aromatic carbocycles. The van der Waals surface area contributed by atoms with Gasteiger partial charge in [-0.2, -0.15) is 0 Å². The van der Waals surface area contributed by atoms with Crippen molar-refractivity contribution in [1.82, 2.24) is 24.6 Å². The van der Waals surface area contributed by atoms with Gasteiger partial charge in [-0.1, -0.05) is 30.4 Å². The van der Waals surface area contributed by atoms with Crippen LogP contribution in [0.2, 0.25) is 0 Å². The predicted molar refractivity (Wildman–Crippen MR) is 137 cm³/mol. The molecule has 2 aliphatic heterocycles. The summed E-state index contributed by atoms with van der Waals surface area (Å²) in [6.45, 7) is 10.4. The molecule has 9 heteroatoms. The van der Waals surface area contributed by atoms with Crippen molar-refractivity contribution < 1.29 is 4.79 Å². The molecule has 34 heavy (non-hydrogen) atoms. The predicted octanol–water partition coefficient (Wildman–Crippen LogP) is 3.32. The zero-order valence-electron chi connectivity index (χ0n) is 19.8. The Labute approximate surface area is 205 Å². The van der Waals surface area contributed by atoms with Gasteiger partial charge in [0.05, 0.1) is 5.92 Å². The van der Waals surface area contributed by atoms with Gasteiger partial charge < -0.3 is 15.1 Å². The molecule has 0 bridgehead atoms. The second kappa shape index (κ2) is 10.7. The maximum Gasteiger partial charge on any atom is 0.229 e. The molecule has 1 amide bonds. The molecule has 2 fully saturated rings. The van der Waals surface area contributed by atoms with Crippen molar-refractivity contribution in [1.29, 1.82) is 0 Å².